The summed E-state index contributed by atoms with van der Waals surface area (Å²) in [7, 11) is 0. The van der Waals surface area contributed by atoms with E-state index in [1.165, 1.54) is 5.57 Å². The predicted octanol–water partition coefficient (Wildman–Crippen LogP) is 1.38. The van der Waals surface area contributed by atoms with Crippen LogP contribution in [-0.4, -0.2) is 22.5 Å². The van der Waals surface area contributed by atoms with Gasteiger partial charge in [0, 0.05) is 30.9 Å². The number of nitrogens with zero attached hydrogens (tertiary/aromatic N) is 2. The molecule has 1 saturated heterocycles. The Morgan fingerprint density at radius 3 is 3.15 bits per heavy atom. The Balaban J connectivity index is 2.02. The molecule has 2 aromatic rings. The monoisotopic (exact) mass is 191 g/mol. The molecule has 0 spiro atoms. The number of aromatic nitrogens is 2. The van der Waals surface area contributed by atoms with Crippen LogP contribution in [-0.2, 0) is 0 Å². The lowest BCUT2D eigenvalue weighted by molar-refractivity contribution is 0.674. The molecule has 66 valence electrons. The largest absolute Gasteiger partial charge is 0.309 e. The molecule has 0 amide bonds. The summed E-state index contributed by atoms with van der Waals surface area (Å²) in [6, 6.07) is 0. The van der Waals surface area contributed by atoms with Crippen LogP contribution in [0.5, 0.6) is 0 Å². The van der Waals surface area contributed by atoms with Crippen molar-refractivity contribution in [1.82, 2.24) is 14.7 Å². The zero-order valence-corrected chi connectivity index (χ0v) is 7.84. The number of imidazole rings is 1. The van der Waals surface area contributed by atoms with E-state index in [9.17, 15) is 0 Å². The third-order valence-corrected chi connectivity index (χ3v) is 2.94. The number of fused-ring (bicyclic) bond motifs is 1. The van der Waals surface area contributed by atoms with Gasteiger partial charge >= 0.3 is 0 Å². The normalized spacial score (nSPS) is 16.2. The Labute approximate surface area is 79.7 Å². The second-order valence-electron chi connectivity index (χ2n) is 3.16. The van der Waals surface area contributed by atoms with E-state index in [-0.39, 0.29) is 0 Å². The maximum Gasteiger partial charge on any atom is 0.194 e. The molecular weight excluding hydrogens is 182 g/mol. The van der Waals surface area contributed by atoms with Crippen LogP contribution >= 0.6 is 11.3 Å². The third-order valence-electron chi connectivity index (χ3n) is 2.17. The van der Waals surface area contributed by atoms with Crippen molar-refractivity contribution in [1.29, 1.82) is 0 Å². The van der Waals surface area contributed by atoms with Crippen LogP contribution in [0.15, 0.2) is 23.3 Å². The lowest BCUT2D eigenvalue weighted by Gasteiger charge is -2.17. The van der Waals surface area contributed by atoms with Gasteiger partial charge in [-0.05, 0) is 11.6 Å². The average molecular weight is 191 g/mol. The Bertz CT molecular complexity index is 431. The van der Waals surface area contributed by atoms with Gasteiger partial charge in [-0.3, -0.25) is 4.40 Å². The van der Waals surface area contributed by atoms with Crippen LogP contribution < -0.4 is 5.32 Å². The minimum Gasteiger partial charge on any atom is -0.309 e. The molecule has 0 aromatic carbocycles. The van der Waals surface area contributed by atoms with Gasteiger partial charge < -0.3 is 5.32 Å². The number of hydrogen-bond donors (Lipinski definition) is 1. The Morgan fingerprint density at radius 2 is 2.46 bits per heavy atom. The molecule has 0 bridgehead atoms. The molecule has 0 unspecified atom stereocenters. The van der Waals surface area contributed by atoms with Crippen LogP contribution in [0, 0.1) is 0 Å². The molecule has 13 heavy (non-hydrogen) atoms. The van der Waals surface area contributed by atoms with Crippen molar-refractivity contribution in [3.8, 4) is 0 Å². The van der Waals surface area contributed by atoms with Gasteiger partial charge in [0.1, 0.15) is 0 Å². The number of rotatable bonds is 1. The van der Waals surface area contributed by atoms with E-state index in [2.05, 4.69) is 27.0 Å². The fourth-order valence-electron chi connectivity index (χ4n) is 1.40. The fraction of sp³-hybridized carbons (Fsp3) is 0.222. The van der Waals surface area contributed by atoms with Crippen molar-refractivity contribution in [3.63, 3.8) is 0 Å². The highest BCUT2D eigenvalue weighted by Crippen LogP contribution is 2.14. The highest BCUT2D eigenvalue weighted by atomic mass is 32.1. The summed E-state index contributed by atoms with van der Waals surface area (Å²) < 4.78 is 2.06. The molecule has 3 heterocycles. The molecule has 4 heteroatoms. The van der Waals surface area contributed by atoms with Gasteiger partial charge in [-0.15, -0.1) is 11.3 Å². The van der Waals surface area contributed by atoms with Gasteiger partial charge in [-0.1, -0.05) is 0 Å². The van der Waals surface area contributed by atoms with Crippen molar-refractivity contribution in [2.45, 2.75) is 0 Å². The van der Waals surface area contributed by atoms with Crippen LogP contribution in [0.2, 0.25) is 0 Å². The molecule has 0 radical (unpaired) electrons. The summed E-state index contributed by atoms with van der Waals surface area (Å²) in [5, 5.41) is 5.25. The lowest BCUT2D eigenvalue weighted by Crippen LogP contribution is -2.33. The topological polar surface area (TPSA) is 29.3 Å². The molecule has 1 aliphatic heterocycles. The summed E-state index contributed by atoms with van der Waals surface area (Å²) in [6.07, 6.45) is 6.27. The van der Waals surface area contributed by atoms with Crippen molar-refractivity contribution in [2.75, 3.05) is 13.1 Å². The van der Waals surface area contributed by atoms with E-state index in [0.717, 1.165) is 23.7 Å². The number of nitrogens with one attached hydrogen (secondary N) is 1. The van der Waals surface area contributed by atoms with E-state index >= 15 is 0 Å². The minimum atomic E-state index is 1.02. The minimum absolute atomic E-state index is 1.02. The van der Waals surface area contributed by atoms with Crippen molar-refractivity contribution in [3.05, 3.63) is 29.0 Å². The smallest absolute Gasteiger partial charge is 0.194 e. The molecular formula is C9H9N3S. The predicted molar refractivity (Wildman–Crippen MR) is 53.9 cm³/mol. The molecule has 3 nitrogen and oxygen atoms in total. The molecule has 0 aliphatic carbocycles. The zero-order valence-electron chi connectivity index (χ0n) is 7.03. The average Bonchev–Trinajstić information content (AvgIpc) is 2.54. The summed E-state index contributed by atoms with van der Waals surface area (Å²) in [6.45, 7) is 2.04. The Morgan fingerprint density at radius 1 is 1.54 bits per heavy atom. The molecule has 2 aromatic heterocycles. The highest BCUT2D eigenvalue weighted by molar-refractivity contribution is 7.15. The lowest BCUT2D eigenvalue weighted by atomic mass is 10.1. The number of hydrogen-bond acceptors (Lipinski definition) is 3. The van der Waals surface area contributed by atoms with Crippen LogP contribution in [0.1, 0.15) is 5.69 Å². The molecule has 1 fully saturated rings. The second-order valence-corrected chi connectivity index (χ2v) is 4.04. The van der Waals surface area contributed by atoms with Gasteiger partial charge in [0.2, 0.25) is 0 Å². The molecule has 1 N–H and O–H groups in total. The molecule has 1 aliphatic rings. The van der Waals surface area contributed by atoms with Crippen molar-refractivity contribution in [2.24, 2.45) is 0 Å². The SMILES string of the molecule is C(=C1CNC1)c1cn2ccsc2n1. The van der Waals surface area contributed by atoms with Crippen molar-refractivity contribution >= 4 is 22.4 Å². The maximum atomic E-state index is 4.47. The first-order valence-electron chi connectivity index (χ1n) is 4.24. The summed E-state index contributed by atoms with van der Waals surface area (Å²) in [4.78, 5) is 5.54. The van der Waals surface area contributed by atoms with Crippen molar-refractivity contribution < 1.29 is 0 Å². The standard InChI is InChI=1S/C9H9N3S/c1-2-13-9-11-8(6-12(1)9)3-7-4-10-5-7/h1-3,6,10H,4-5H2. The first-order valence-corrected chi connectivity index (χ1v) is 5.12. The quantitative estimate of drug-likeness (QED) is 0.738. The van der Waals surface area contributed by atoms with Gasteiger partial charge in [0.25, 0.3) is 0 Å². The zero-order chi connectivity index (χ0) is 8.67. The Kier molecular flexibility index (Phi) is 1.50. The Hall–Kier alpha value is -1.13. The van der Waals surface area contributed by atoms with Crippen LogP contribution in [0.4, 0.5) is 0 Å². The van der Waals surface area contributed by atoms with Gasteiger partial charge in [0.05, 0.1) is 5.69 Å². The summed E-state index contributed by atoms with van der Waals surface area (Å²) >= 11 is 1.67. The third kappa shape index (κ3) is 1.18. The number of thiazole rings is 1. The molecule has 0 atom stereocenters. The van der Waals surface area contributed by atoms with Crippen LogP contribution in [0.3, 0.4) is 0 Å². The van der Waals surface area contributed by atoms with Crippen LogP contribution in [0.25, 0.3) is 11.0 Å². The molecule has 0 saturated carbocycles. The van der Waals surface area contributed by atoms with Gasteiger partial charge in [-0.25, -0.2) is 4.98 Å². The van der Waals surface area contributed by atoms with E-state index in [0.29, 0.717) is 0 Å². The van der Waals surface area contributed by atoms with Gasteiger partial charge in [0.15, 0.2) is 4.96 Å². The molecule has 3 rings (SSSR count). The van der Waals surface area contributed by atoms with Gasteiger partial charge in [-0.2, -0.15) is 0 Å². The maximum absolute atomic E-state index is 4.47. The highest BCUT2D eigenvalue weighted by Gasteiger charge is 2.08. The summed E-state index contributed by atoms with van der Waals surface area (Å²) in [5.41, 5.74) is 2.51. The fourth-order valence-corrected chi connectivity index (χ4v) is 2.10. The van der Waals surface area contributed by atoms with E-state index in [4.69, 9.17) is 0 Å². The second kappa shape index (κ2) is 2.68. The van der Waals surface area contributed by atoms with E-state index < -0.39 is 0 Å². The van der Waals surface area contributed by atoms with E-state index in [1.54, 1.807) is 11.3 Å². The van der Waals surface area contributed by atoms with E-state index in [1.807, 2.05) is 11.6 Å². The summed E-state index contributed by atoms with van der Waals surface area (Å²) in [5.74, 6) is 0. The first kappa shape index (κ1) is 7.29. The first-order chi connectivity index (χ1) is 6.42.